The Morgan fingerprint density at radius 2 is 1.89 bits per heavy atom. The number of nitrogens with one attached hydrogen (secondary N) is 1. The Bertz CT molecular complexity index is 484. The third-order valence-electron chi connectivity index (χ3n) is 3.21. The van der Waals surface area contributed by atoms with Crippen LogP contribution in [-0.2, 0) is 11.2 Å². The van der Waals surface area contributed by atoms with Crippen LogP contribution in [0, 0.1) is 0 Å². The van der Waals surface area contributed by atoms with Crippen molar-refractivity contribution in [3.05, 3.63) is 48.0 Å². The van der Waals surface area contributed by atoms with E-state index in [-0.39, 0.29) is 0 Å². The largest absolute Gasteiger partial charge is 0.383 e. The van der Waals surface area contributed by atoms with Crippen LogP contribution < -0.4 is 5.32 Å². The Morgan fingerprint density at radius 1 is 1.11 bits per heavy atom. The van der Waals surface area contributed by atoms with Crippen molar-refractivity contribution in [3.8, 4) is 0 Å². The zero-order valence-electron chi connectivity index (χ0n) is 11.1. The fraction of sp³-hybridized carbons (Fsp3) is 0.375. The Hall–Kier alpha value is -1.38. The number of fused-ring (bicyclic) bond motifs is 1. The molecule has 0 bridgehead atoms. The normalized spacial score (nSPS) is 12.8. The van der Waals surface area contributed by atoms with Gasteiger partial charge in [0.05, 0.1) is 6.61 Å². The molecule has 2 aromatic rings. The molecular formula is C16H21NO. The molecule has 1 atom stereocenters. The van der Waals surface area contributed by atoms with Gasteiger partial charge in [-0.1, -0.05) is 49.4 Å². The zero-order valence-corrected chi connectivity index (χ0v) is 11.1. The van der Waals surface area contributed by atoms with Crippen LogP contribution in [0.15, 0.2) is 42.5 Å². The van der Waals surface area contributed by atoms with Crippen LogP contribution in [0.2, 0.25) is 0 Å². The minimum Gasteiger partial charge on any atom is -0.383 e. The summed E-state index contributed by atoms with van der Waals surface area (Å²) < 4.78 is 5.28. The summed E-state index contributed by atoms with van der Waals surface area (Å²) in [6.45, 7) is 3.85. The highest BCUT2D eigenvalue weighted by molar-refractivity contribution is 5.85. The lowest BCUT2D eigenvalue weighted by Gasteiger charge is -2.18. The molecule has 0 saturated carbocycles. The van der Waals surface area contributed by atoms with Crippen molar-refractivity contribution < 1.29 is 4.74 Å². The molecule has 18 heavy (non-hydrogen) atoms. The van der Waals surface area contributed by atoms with Gasteiger partial charge in [-0.05, 0) is 29.3 Å². The maximum atomic E-state index is 5.28. The van der Waals surface area contributed by atoms with Gasteiger partial charge in [0.2, 0.25) is 0 Å². The molecule has 0 radical (unpaired) electrons. The van der Waals surface area contributed by atoms with Crippen LogP contribution >= 0.6 is 0 Å². The Kier molecular flexibility index (Phi) is 4.73. The van der Waals surface area contributed by atoms with Crippen LogP contribution in [0.4, 0.5) is 0 Å². The highest BCUT2D eigenvalue weighted by atomic mass is 16.5. The van der Waals surface area contributed by atoms with E-state index in [9.17, 15) is 0 Å². The molecular weight excluding hydrogens is 222 g/mol. The van der Waals surface area contributed by atoms with E-state index in [1.807, 2.05) is 0 Å². The molecule has 0 amide bonds. The summed E-state index contributed by atoms with van der Waals surface area (Å²) >= 11 is 0. The second-order valence-corrected chi connectivity index (χ2v) is 4.55. The lowest BCUT2D eigenvalue weighted by Crippen LogP contribution is -2.35. The van der Waals surface area contributed by atoms with Crippen molar-refractivity contribution in [3.63, 3.8) is 0 Å². The van der Waals surface area contributed by atoms with Crippen molar-refractivity contribution >= 4 is 10.8 Å². The molecule has 1 unspecified atom stereocenters. The molecule has 0 aliphatic heterocycles. The fourth-order valence-corrected chi connectivity index (χ4v) is 2.42. The van der Waals surface area contributed by atoms with Crippen molar-refractivity contribution in [1.29, 1.82) is 0 Å². The van der Waals surface area contributed by atoms with E-state index in [1.54, 1.807) is 7.11 Å². The van der Waals surface area contributed by atoms with Crippen LogP contribution in [0.25, 0.3) is 10.8 Å². The molecule has 2 rings (SSSR count). The first-order chi connectivity index (χ1) is 8.85. The number of methoxy groups -OCH3 is 1. The number of likely N-dealkylation sites (N-methyl/N-ethyl adjacent to an activating group) is 1. The summed E-state index contributed by atoms with van der Waals surface area (Å²) in [5.41, 5.74) is 1.39. The molecule has 2 heteroatoms. The number of hydrogen-bond acceptors (Lipinski definition) is 2. The van der Waals surface area contributed by atoms with Gasteiger partial charge in [0.15, 0.2) is 0 Å². The highest BCUT2D eigenvalue weighted by Gasteiger charge is 2.09. The molecule has 0 saturated heterocycles. The number of ether oxygens (including phenoxy) is 1. The van der Waals surface area contributed by atoms with Crippen LogP contribution in [0.1, 0.15) is 12.5 Å². The predicted molar refractivity (Wildman–Crippen MR) is 77.0 cm³/mol. The summed E-state index contributed by atoms with van der Waals surface area (Å²) in [6, 6.07) is 15.4. The van der Waals surface area contributed by atoms with E-state index in [4.69, 9.17) is 4.74 Å². The zero-order chi connectivity index (χ0) is 12.8. The van der Waals surface area contributed by atoms with Crippen molar-refractivity contribution in [1.82, 2.24) is 5.32 Å². The minimum atomic E-state index is 0.380. The average Bonchev–Trinajstić information content (AvgIpc) is 2.40. The molecule has 0 fully saturated rings. The third kappa shape index (κ3) is 3.09. The summed E-state index contributed by atoms with van der Waals surface area (Å²) in [5.74, 6) is 0. The first-order valence-corrected chi connectivity index (χ1v) is 6.54. The standard InChI is InChI=1S/C16H21NO/c1-3-17-15(12-18-2)11-14-9-6-8-13-7-4-5-10-16(13)14/h4-10,15,17H,3,11-12H2,1-2H3. The van der Waals surface area contributed by atoms with Crippen molar-refractivity contribution in [2.75, 3.05) is 20.3 Å². The molecule has 0 aromatic heterocycles. The van der Waals surface area contributed by atoms with E-state index in [2.05, 4.69) is 54.7 Å². The Balaban J connectivity index is 2.24. The maximum Gasteiger partial charge on any atom is 0.0619 e. The van der Waals surface area contributed by atoms with Crippen molar-refractivity contribution in [2.24, 2.45) is 0 Å². The van der Waals surface area contributed by atoms with Gasteiger partial charge < -0.3 is 10.1 Å². The Morgan fingerprint density at radius 3 is 2.67 bits per heavy atom. The van der Waals surface area contributed by atoms with Gasteiger partial charge in [-0.15, -0.1) is 0 Å². The second-order valence-electron chi connectivity index (χ2n) is 4.55. The van der Waals surface area contributed by atoms with Gasteiger partial charge >= 0.3 is 0 Å². The number of benzene rings is 2. The van der Waals surface area contributed by atoms with Crippen LogP contribution in [-0.4, -0.2) is 26.3 Å². The van der Waals surface area contributed by atoms with Crippen molar-refractivity contribution in [2.45, 2.75) is 19.4 Å². The topological polar surface area (TPSA) is 21.3 Å². The highest BCUT2D eigenvalue weighted by Crippen LogP contribution is 2.19. The summed E-state index contributed by atoms with van der Waals surface area (Å²) in [5, 5.41) is 6.13. The molecule has 0 aliphatic rings. The smallest absolute Gasteiger partial charge is 0.0619 e. The van der Waals surface area contributed by atoms with E-state index in [1.165, 1.54) is 16.3 Å². The van der Waals surface area contributed by atoms with Gasteiger partial charge in [0.25, 0.3) is 0 Å². The molecule has 1 N–H and O–H groups in total. The quantitative estimate of drug-likeness (QED) is 0.842. The molecule has 0 heterocycles. The molecule has 2 nitrogen and oxygen atoms in total. The SMILES string of the molecule is CCNC(COC)Cc1cccc2ccccc12. The third-order valence-corrected chi connectivity index (χ3v) is 3.21. The van der Waals surface area contributed by atoms with E-state index in [0.717, 1.165) is 19.6 Å². The molecule has 96 valence electrons. The molecule has 0 aliphatic carbocycles. The summed E-state index contributed by atoms with van der Waals surface area (Å²) in [7, 11) is 1.76. The maximum absolute atomic E-state index is 5.28. The van der Waals surface area contributed by atoms with Gasteiger partial charge in [0.1, 0.15) is 0 Å². The Labute approximate surface area is 109 Å². The molecule has 2 aromatic carbocycles. The lowest BCUT2D eigenvalue weighted by atomic mass is 9.99. The van der Waals surface area contributed by atoms with Gasteiger partial charge in [0, 0.05) is 13.2 Å². The van der Waals surface area contributed by atoms with Gasteiger partial charge in [-0.2, -0.15) is 0 Å². The summed E-state index contributed by atoms with van der Waals surface area (Å²) in [4.78, 5) is 0. The van der Waals surface area contributed by atoms with E-state index < -0.39 is 0 Å². The number of hydrogen-bond donors (Lipinski definition) is 1. The van der Waals surface area contributed by atoms with E-state index >= 15 is 0 Å². The second kappa shape index (κ2) is 6.53. The molecule has 0 spiro atoms. The lowest BCUT2D eigenvalue weighted by molar-refractivity contribution is 0.167. The first kappa shape index (κ1) is 13.1. The monoisotopic (exact) mass is 243 g/mol. The number of rotatable bonds is 6. The van der Waals surface area contributed by atoms with E-state index in [0.29, 0.717) is 6.04 Å². The van der Waals surface area contributed by atoms with Crippen LogP contribution in [0.3, 0.4) is 0 Å². The first-order valence-electron chi connectivity index (χ1n) is 6.54. The predicted octanol–water partition coefficient (Wildman–Crippen LogP) is 3.01. The fourth-order valence-electron chi connectivity index (χ4n) is 2.42. The average molecular weight is 243 g/mol. The van der Waals surface area contributed by atoms with Crippen LogP contribution in [0.5, 0.6) is 0 Å². The minimum absolute atomic E-state index is 0.380. The van der Waals surface area contributed by atoms with Gasteiger partial charge in [-0.25, -0.2) is 0 Å². The van der Waals surface area contributed by atoms with Gasteiger partial charge in [-0.3, -0.25) is 0 Å². The summed E-state index contributed by atoms with van der Waals surface area (Å²) in [6.07, 6.45) is 1.00.